The zero-order valence-electron chi connectivity index (χ0n) is 14.6. The van der Waals surface area contributed by atoms with Gasteiger partial charge in [0.25, 0.3) is 0 Å². The van der Waals surface area contributed by atoms with Gasteiger partial charge in [0.15, 0.2) is 0 Å². The number of benzene rings is 2. The van der Waals surface area contributed by atoms with Gasteiger partial charge >= 0.3 is 0 Å². The first-order valence-electron chi connectivity index (χ1n) is 9.04. The fourth-order valence-electron chi connectivity index (χ4n) is 3.21. The Balaban J connectivity index is 0.00000225. The van der Waals surface area contributed by atoms with Crippen molar-refractivity contribution in [3.8, 4) is 11.5 Å². The highest BCUT2D eigenvalue weighted by molar-refractivity contribution is 5.85. The lowest BCUT2D eigenvalue weighted by atomic mass is 10.1. The quantitative estimate of drug-likeness (QED) is 0.767. The lowest BCUT2D eigenvalue weighted by molar-refractivity contribution is 0.143. The summed E-state index contributed by atoms with van der Waals surface area (Å²) in [6.45, 7) is 3.33. The van der Waals surface area contributed by atoms with E-state index in [1.54, 1.807) is 0 Å². The van der Waals surface area contributed by atoms with E-state index >= 15 is 0 Å². The van der Waals surface area contributed by atoms with Crippen LogP contribution in [0.15, 0.2) is 54.6 Å². The van der Waals surface area contributed by atoms with E-state index in [1.807, 2.05) is 54.6 Å². The summed E-state index contributed by atoms with van der Waals surface area (Å²) in [6.07, 6.45) is 5.67. The molecule has 3 rings (SSSR count). The van der Waals surface area contributed by atoms with E-state index < -0.39 is 6.10 Å². The maximum atomic E-state index is 10.4. The number of hydrogen-bond donors (Lipinski definition) is 1. The van der Waals surface area contributed by atoms with E-state index in [2.05, 4.69) is 4.90 Å². The van der Waals surface area contributed by atoms with Crippen molar-refractivity contribution in [1.29, 1.82) is 0 Å². The number of likely N-dealkylation sites (tertiary alicyclic amines) is 1. The van der Waals surface area contributed by atoms with Crippen molar-refractivity contribution in [3.05, 3.63) is 60.2 Å². The van der Waals surface area contributed by atoms with Gasteiger partial charge in [0, 0.05) is 6.54 Å². The van der Waals surface area contributed by atoms with E-state index in [1.165, 1.54) is 38.8 Å². The zero-order valence-corrected chi connectivity index (χ0v) is 15.5. The Morgan fingerprint density at radius 2 is 1.44 bits per heavy atom. The summed E-state index contributed by atoms with van der Waals surface area (Å²) < 4.78 is 5.79. The monoisotopic (exact) mass is 361 g/mol. The van der Waals surface area contributed by atoms with Gasteiger partial charge < -0.3 is 14.7 Å². The van der Waals surface area contributed by atoms with Crippen LogP contribution in [0.25, 0.3) is 0 Å². The third-order valence-corrected chi connectivity index (χ3v) is 4.66. The molecule has 1 atom stereocenters. The Bertz CT molecular complexity index is 595. The Labute approximate surface area is 157 Å². The van der Waals surface area contributed by atoms with Gasteiger partial charge in [0.2, 0.25) is 0 Å². The van der Waals surface area contributed by atoms with Gasteiger partial charge in [-0.1, -0.05) is 43.2 Å². The molecule has 0 aliphatic carbocycles. The van der Waals surface area contributed by atoms with E-state index in [-0.39, 0.29) is 12.4 Å². The lowest BCUT2D eigenvalue weighted by Crippen LogP contribution is -2.26. The number of nitrogens with zero attached hydrogens (tertiary/aromatic N) is 1. The molecule has 136 valence electrons. The van der Waals surface area contributed by atoms with Crippen molar-refractivity contribution in [3.63, 3.8) is 0 Å². The van der Waals surface area contributed by atoms with Gasteiger partial charge in [-0.25, -0.2) is 0 Å². The zero-order chi connectivity index (χ0) is 16.6. The normalized spacial score (nSPS) is 16.5. The van der Waals surface area contributed by atoms with Crippen LogP contribution in [0.5, 0.6) is 11.5 Å². The number of hydrogen-bond acceptors (Lipinski definition) is 3. The summed E-state index contributed by atoms with van der Waals surface area (Å²) in [6, 6.07) is 17.5. The summed E-state index contributed by atoms with van der Waals surface area (Å²) in [5.74, 6) is 1.62. The Kier molecular flexibility index (Phi) is 8.26. The smallest absolute Gasteiger partial charge is 0.127 e. The fourth-order valence-corrected chi connectivity index (χ4v) is 3.21. The average Bonchev–Trinajstić information content (AvgIpc) is 2.90. The first-order chi connectivity index (χ1) is 11.8. The van der Waals surface area contributed by atoms with Gasteiger partial charge in [-0.05, 0) is 62.2 Å². The van der Waals surface area contributed by atoms with Gasteiger partial charge in [0.05, 0.1) is 6.10 Å². The standard InChI is InChI=1S/C21H27NO2.ClH/c23-21(14-17-22-15-6-1-2-7-16-22)18-10-12-20(13-11-18)24-19-8-4-3-5-9-19;/h3-5,8-13,21,23H,1-2,6-7,14-17H2;1H. The molecule has 2 aromatic carbocycles. The lowest BCUT2D eigenvalue weighted by Gasteiger charge is -2.21. The third kappa shape index (κ3) is 6.35. The molecule has 1 N–H and O–H groups in total. The number of ether oxygens (including phenoxy) is 1. The highest BCUT2D eigenvalue weighted by Crippen LogP contribution is 2.24. The predicted octanol–water partition coefficient (Wildman–Crippen LogP) is 5.20. The van der Waals surface area contributed by atoms with E-state index in [0.29, 0.717) is 0 Å². The second-order valence-corrected chi connectivity index (χ2v) is 6.54. The van der Waals surface area contributed by atoms with Crippen LogP contribution in [0.3, 0.4) is 0 Å². The van der Waals surface area contributed by atoms with Crippen LogP contribution in [0.2, 0.25) is 0 Å². The summed E-state index contributed by atoms with van der Waals surface area (Å²) in [4.78, 5) is 2.49. The molecule has 1 heterocycles. The SMILES string of the molecule is Cl.OC(CCN1CCCCCC1)c1ccc(Oc2ccccc2)cc1. The molecule has 0 radical (unpaired) electrons. The van der Waals surface area contributed by atoms with Crippen molar-refractivity contribution >= 4 is 12.4 Å². The number of aliphatic hydroxyl groups is 1. The molecule has 1 fully saturated rings. The van der Waals surface area contributed by atoms with Crippen molar-refractivity contribution < 1.29 is 9.84 Å². The van der Waals surface area contributed by atoms with Crippen molar-refractivity contribution in [2.45, 2.75) is 38.2 Å². The highest BCUT2D eigenvalue weighted by Gasteiger charge is 2.13. The van der Waals surface area contributed by atoms with Crippen molar-refractivity contribution in [2.24, 2.45) is 0 Å². The van der Waals surface area contributed by atoms with Crippen LogP contribution >= 0.6 is 12.4 Å². The molecule has 0 amide bonds. The first kappa shape index (κ1) is 19.8. The van der Waals surface area contributed by atoms with Gasteiger partial charge in [-0.3, -0.25) is 0 Å². The van der Waals surface area contributed by atoms with Crippen LogP contribution < -0.4 is 4.74 Å². The summed E-state index contributed by atoms with van der Waals surface area (Å²) >= 11 is 0. The molecule has 1 saturated heterocycles. The topological polar surface area (TPSA) is 32.7 Å². The molecule has 3 nitrogen and oxygen atoms in total. The summed E-state index contributed by atoms with van der Waals surface area (Å²) in [5.41, 5.74) is 0.963. The molecule has 0 bridgehead atoms. The molecule has 1 unspecified atom stereocenters. The molecule has 2 aromatic rings. The molecule has 25 heavy (non-hydrogen) atoms. The minimum absolute atomic E-state index is 0. The first-order valence-corrected chi connectivity index (χ1v) is 9.04. The van der Waals surface area contributed by atoms with E-state index in [9.17, 15) is 5.11 Å². The predicted molar refractivity (Wildman–Crippen MR) is 105 cm³/mol. The second-order valence-electron chi connectivity index (χ2n) is 6.54. The van der Waals surface area contributed by atoms with Gasteiger partial charge in [0.1, 0.15) is 11.5 Å². The maximum absolute atomic E-state index is 10.4. The molecule has 0 aromatic heterocycles. The van der Waals surface area contributed by atoms with E-state index in [4.69, 9.17) is 4.74 Å². The molecule has 0 spiro atoms. The Hall–Kier alpha value is -1.55. The molecule has 1 aliphatic rings. The van der Waals surface area contributed by atoms with Crippen LogP contribution in [0.4, 0.5) is 0 Å². The van der Waals surface area contributed by atoms with E-state index in [0.717, 1.165) is 30.0 Å². The van der Waals surface area contributed by atoms with Gasteiger partial charge in [-0.2, -0.15) is 0 Å². The average molecular weight is 362 g/mol. The Morgan fingerprint density at radius 3 is 2.08 bits per heavy atom. The Morgan fingerprint density at radius 1 is 0.840 bits per heavy atom. The van der Waals surface area contributed by atoms with Gasteiger partial charge in [-0.15, -0.1) is 12.4 Å². The largest absolute Gasteiger partial charge is 0.457 e. The highest BCUT2D eigenvalue weighted by atomic mass is 35.5. The van der Waals surface area contributed by atoms with Crippen LogP contribution in [-0.2, 0) is 0 Å². The van der Waals surface area contributed by atoms with Crippen molar-refractivity contribution in [1.82, 2.24) is 4.90 Å². The molecule has 0 saturated carbocycles. The van der Waals surface area contributed by atoms with Crippen LogP contribution in [-0.4, -0.2) is 29.6 Å². The minimum Gasteiger partial charge on any atom is -0.457 e. The maximum Gasteiger partial charge on any atom is 0.127 e. The molecular formula is C21H28ClNO2. The summed E-state index contributed by atoms with van der Waals surface area (Å²) in [7, 11) is 0. The van der Waals surface area contributed by atoms with Crippen LogP contribution in [0.1, 0.15) is 43.8 Å². The second kappa shape index (κ2) is 10.4. The number of aliphatic hydroxyl groups excluding tert-OH is 1. The van der Waals surface area contributed by atoms with Crippen molar-refractivity contribution in [2.75, 3.05) is 19.6 Å². The van der Waals surface area contributed by atoms with Crippen LogP contribution in [0, 0.1) is 0 Å². The number of halogens is 1. The molecule has 1 aliphatic heterocycles. The minimum atomic E-state index is -0.404. The number of para-hydroxylation sites is 1. The molecule has 4 heteroatoms. The third-order valence-electron chi connectivity index (χ3n) is 4.66. The number of rotatable bonds is 6. The fraction of sp³-hybridized carbons (Fsp3) is 0.429. The summed E-state index contributed by atoms with van der Waals surface area (Å²) in [5, 5.41) is 10.4. The molecular weight excluding hydrogens is 334 g/mol.